The number of amides is 3. The van der Waals surface area contributed by atoms with Gasteiger partial charge in [-0.05, 0) is 47.4 Å². The maximum atomic E-state index is 13.0. The Morgan fingerprint density at radius 2 is 1.79 bits per heavy atom. The first-order chi connectivity index (χ1) is 13.2. The summed E-state index contributed by atoms with van der Waals surface area (Å²) >= 11 is 0. The van der Waals surface area contributed by atoms with E-state index in [0.717, 1.165) is 0 Å². The number of halogens is 1. The van der Waals surface area contributed by atoms with Crippen molar-refractivity contribution >= 4 is 23.5 Å². The summed E-state index contributed by atoms with van der Waals surface area (Å²) in [6, 6.07) is 12.9. The summed E-state index contributed by atoms with van der Waals surface area (Å²) in [4.78, 5) is 25.5. The molecule has 0 radical (unpaired) electrons. The highest BCUT2D eigenvalue weighted by Gasteiger charge is 2.32. The Bertz CT molecular complexity index is 845. The van der Waals surface area contributed by atoms with Gasteiger partial charge in [-0.25, -0.2) is 14.0 Å². The molecule has 148 valence electrons. The number of carbonyl (C=O) groups is 2. The minimum atomic E-state index is -0.517. The zero-order valence-corrected chi connectivity index (χ0v) is 16.2. The van der Waals surface area contributed by atoms with Gasteiger partial charge in [0.05, 0.1) is 13.1 Å². The molecule has 2 N–H and O–H groups in total. The number of carbonyl (C=O) groups excluding carboxylic acids is 2. The molecule has 2 aromatic carbocycles. The molecule has 1 aliphatic rings. The third kappa shape index (κ3) is 4.79. The Morgan fingerprint density at radius 3 is 2.39 bits per heavy atom. The number of rotatable bonds is 4. The Balaban J connectivity index is 1.50. The van der Waals surface area contributed by atoms with Crippen molar-refractivity contribution in [3.05, 3.63) is 59.9 Å². The lowest BCUT2D eigenvalue weighted by atomic mass is 9.87. The van der Waals surface area contributed by atoms with Crippen molar-refractivity contribution in [2.75, 3.05) is 23.3 Å². The number of cyclic esters (lactones) is 1. The molecule has 1 atom stereocenters. The molecular weight excluding hydrogens is 361 g/mol. The van der Waals surface area contributed by atoms with E-state index in [0.29, 0.717) is 11.4 Å². The molecule has 0 bridgehead atoms. The number of ether oxygens (including phenoxy) is 1. The van der Waals surface area contributed by atoms with Crippen LogP contribution in [0.25, 0.3) is 0 Å². The summed E-state index contributed by atoms with van der Waals surface area (Å²) in [5.74, 6) is -0.373. The first-order valence-electron chi connectivity index (χ1n) is 9.11. The third-order valence-electron chi connectivity index (χ3n) is 4.51. The first kappa shape index (κ1) is 19.7. The van der Waals surface area contributed by atoms with E-state index < -0.39 is 12.2 Å². The number of nitrogens with zero attached hydrogens (tertiary/aromatic N) is 1. The molecule has 6 nitrogen and oxygen atoms in total. The SMILES string of the molecule is CC(C)(C)c1ccc(NC(=O)NC[C@@H]2CN(c3ccc(F)cc3)C(=O)O2)cc1. The fraction of sp³-hybridized carbons (Fsp3) is 0.333. The highest BCUT2D eigenvalue weighted by atomic mass is 19.1. The molecule has 1 fully saturated rings. The van der Waals surface area contributed by atoms with Crippen LogP contribution in [-0.4, -0.2) is 31.3 Å². The number of nitrogens with one attached hydrogen (secondary N) is 2. The molecule has 1 aliphatic heterocycles. The molecule has 3 rings (SSSR count). The predicted octanol–water partition coefficient (Wildman–Crippen LogP) is 4.27. The molecule has 0 aliphatic carbocycles. The van der Waals surface area contributed by atoms with E-state index in [1.165, 1.54) is 34.7 Å². The van der Waals surface area contributed by atoms with Crippen LogP contribution >= 0.6 is 0 Å². The molecule has 28 heavy (non-hydrogen) atoms. The van der Waals surface area contributed by atoms with Gasteiger partial charge in [0.25, 0.3) is 0 Å². The first-order valence-corrected chi connectivity index (χ1v) is 9.11. The van der Waals surface area contributed by atoms with Crippen LogP contribution in [-0.2, 0) is 10.2 Å². The van der Waals surface area contributed by atoms with Gasteiger partial charge in [0, 0.05) is 11.4 Å². The van der Waals surface area contributed by atoms with E-state index in [4.69, 9.17) is 4.74 Å². The lowest BCUT2D eigenvalue weighted by Gasteiger charge is -2.19. The monoisotopic (exact) mass is 385 g/mol. The van der Waals surface area contributed by atoms with Crippen LogP contribution < -0.4 is 15.5 Å². The van der Waals surface area contributed by atoms with Crippen LogP contribution in [0, 0.1) is 5.82 Å². The van der Waals surface area contributed by atoms with Gasteiger partial charge in [-0.1, -0.05) is 32.9 Å². The second kappa shape index (κ2) is 7.88. The Morgan fingerprint density at radius 1 is 1.14 bits per heavy atom. The van der Waals surface area contributed by atoms with Crippen LogP contribution in [0.2, 0.25) is 0 Å². The fourth-order valence-electron chi connectivity index (χ4n) is 2.90. The minimum absolute atomic E-state index is 0.0452. The van der Waals surface area contributed by atoms with Gasteiger partial charge in [0.1, 0.15) is 11.9 Å². The van der Waals surface area contributed by atoms with Crippen molar-refractivity contribution in [3.63, 3.8) is 0 Å². The van der Waals surface area contributed by atoms with Crippen LogP contribution in [0.5, 0.6) is 0 Å². The van der Waals surface area contributed by atoms with Crippen LogP contribution in [0.3, 0.4) is 0 Å². The van der Waals surface area contributed by atoms with E-state index in [1.54, 1.807) is 0 Å². The van der Waals surface area contributed by atoms with Gasteiger partial charge in [0.2, 0.25) is 0 Å². The Kier molecular flexibility index (Phi) is 5.53. The summed E-state index contributed by atoms with van der Waals surface area (Å²) in [6.45, 7) is 6.83. The Labute approximate surface area is 163 Å². The van der Waals surface area contributed by atoms with Gasteiger partial charge in [-0.2, -0.15) is 0 Å². The summed E-state index contributed by atoms with van der Waals surface area (Å²) in [7, 11) is 0. The van der Waals surface area contributed by atoms with Crippen molar-refractivity contribution in [2.45, 2.75) is 32.3 Å². The van der Waals surface area contributed by atoms with E-state index in [1.807, 2.05) is 24.3 Å². The molecule has 3 amide bonds. The van der Waals surface area contributed by atoms with Crippen molar-refractivity contribution in [1.82, 2.24) is 5.32 Å². The van der Waals surface area contributed by atoms with Crippen LogP contribution in [0.15, 0.2) is 48.5 Å². The highest BCUT2D eigenvalue weighted by Crippen LogP contribution is 2.24. The molecule has 0 spiro atoms. The quantitative estimate of drug-likeness (QED) is 0.826. The summed E-state index contributed by atoms with van der Waals surface area (Å²) in [6.07, 6.45) is -0.997. The zero-order valence-electron chi connectivity index (χ0n) is 16.2. The molecular formula is C21H24FN3O3. The maximum absolute atomic E-state index is 13.0. The molecule has 1 heterocycles. The number of urea groups is 1. The summed E-state index contributed by atoms with van der Waals surface area (Å²) < 4.78 is 18.3. The normalized spacial score (nSPS) is 16.6. The fourth-order valence-corrected chi connectivity index (χ4v) is 2.90. The van der Waals surface area contributed by atoms with Crippen LogP contribution in [0.1, 0.15) is 26.3 Å². The van der Waals surface area contributed by atoms with Gasteiger partial charge >= 0.3 is 12.1 Å². The molecule has 1 saturated heterocycles. The van der Waals surface area contributed by atoms with Gasteiger partial charge in [-0.15, -0.1) is 0 Å². The number of anilines is 2. The van der Waals surface area contributed by atoms with E-state index in [9.17, 15) is 14.0 Å². The topological polar surface area (TPSA) is 70.7 Å². The van der Waals surface area contributed by atoms with E-state index in [2.05, 4.69) is 31.4 Å². The van der Waals surface area contributed by atoms with Gasteiger partial charge in [-0.3, -0.25) is 4.90 Å². The van der Waals surface area contributed by atoms with Crippen molar-refractivity contribution in [1.29, 1.82) is 0 Å². The average Bonchev–Trinajstić information content (AvgIpc) is 3.01. The largest absolute Gasteiger partial charge is 0.442 e. The van der Waals surface area contributed by atoms with E-state index in [-0.39, 0.29) is 30.4 Å². The number of benzene rings is 2. The standard InChI is InChI=1S/C21H24FN3O3/c1-21(2,3)14-4-8-16(9-5-14)24-19(26)23-12-18-13-25(20(27)28-18)17-10-6-15(22)7-11-17/h4-11,18H,12-13H2,1-3H3,(H2,23,24,26)/t18-/m1/s1. The maximum Gasteiger partial charge on any atom is 0.414 e. The molecule has 7 heteroatoms. The highest BCUT2D eigenvalue weighted by molar-refractivity contribution is 5.90. The second-order valence-electron chi connectivity index (χ2n) is 7.76. The van der Waals surface area contributed by atoms with Crippen molar-refractivity contribution in [2.24, 2.45) is 0 Å². The lowest BCUT2D eigenvalue weighted by Crippen LogP contribution is -2.37. The molecule has 0 unspecified atom stereocenters. The smallest absolute Gasteiger partial charge is 0.414 e. The van der Waals surface area contributed by atoms with Crippen molar-refractivity contribution in [3.8, 4) is 0 Å². The predicted molar refractivity (Wildman–Crippen MR) is 106 cm³/mol. The van der Waals surface area contributed by atoms with Gasteiger partial charge in [0.15, 0.2) is 0 Å². The third-order valence-corrected chi connectivity index (χ3v) is 4.51. The average molecular weight is 385 g/mol. The summed E-state index contributed by atoms with van der Waals surface area (Å²) in [5.41, 5.74) is 2.46. The van der Waals surface area contributed by atoms with Gasteiger partial charge < -0.3 is 15.4 Å². The number of hydrogen-bond acceptors (Lipinski definition) is 3. The minimum Gasteiger partial charge on any atom is -0.442 e. The van der Waals surface area contributed by atoms with E-state index >= 15 is 0 Å². The van der Waals surface area contributed by atoms with Crippen molar-refractivity contribution < 1.29 is 18.7 Å². The second-order valence-corrected chi connectivity index (χ2v) is 7.76. The zero-order chi connectivity index (χ0) is 20.3. The molecule has 0 aromatic heterocycles. The Hall–Kier alpha value is -3.09. The lowest BCUT2D eigenvalue weighted by molar-refractivity contribution is 0.141. The number of hydrogen-bond donors (Lipinski definition) is 2. The summed E-state index contributed by atoms with van der Waals surface area (Å²) in [5, 5.41) is 5.46. The molecule has 0 saturated carbocycles. The van der Waals surface area contributed by atoms with Crippen LogP contribution in [0.4, 0.5) is 25.4 Å². The molecule has 2 aromatic rings.